The van der Waals surface area contributed by atoms with Gasteiger partial charge >= 0.3 is 5.97 Å². The number of imide groups is 1. The van der Waals surface area contributed by atoms with Gasteiger partial charge in [0.2, 0.25) is 17.7 Å². The number of amides is 3. The van der Waals surface area contributed by atoms with E-state index in [2.05, 4.69) is 0 Å². The van der Waals surface area contributed by atoms with E-state index in [-0.39, 0.29) is 53.3 Å². The van der Waals surface area contributed by atoms with Crippen molar-refractivity contribution in [1.82, 2.24) is 0 Å². The molecule has 3 atom stereocenters. The number of aryl methyl sites for hydroxylation is 1. The van der Waals surface area contributed by atoms with Gasteiger partial charge in [-0.15, -0.1) is 0 Å². The predicted octanol–water partition coefficient (Wildman–Crippen LogP) is 5.11. The summed E-state index contributed by atoms with van der Waals surface area (Å²) in [6.07, 6.45) is 3.19. The molecule has 0 N–H and O–H groups in total. The van der Waals surface area contributed by atoms with Gasteiger partial charge in [0.1, 0.15) is 5.75 Å². The fourth-order valence-electron chi connectivity index (χ4n) is 5.22. The zero-order chi connectivity index (χ0) is 25.7. The molecule has 9 heteroatoms. The SMILES string of the molecule is CC1=CC[C@@H]2C(=O)N(c3ccc(OC(=O)[C@H]4CC(=O)N(c5cccc(Cl)c5Cl)C4)cc3C)C(=O)[C@H]2C1. The zero-order valence-corrected chi connectivity index (χ0v) is 21.3. The van der Waals surface area contributed by atoms with Crippen LogP contribution in [0.2, 0.25) is 10.0 Å². The Labute approximate surface area is 218 Å². The summed E-state index contributed by atoms with van der Waals surface area (Å²) >= 11 is 12.3. The van der Waals surface area contributed by atoms with Crippen LogP contribution < -0.4 is 14.5 Å². The standard InChI is InChI=1S/C27H24Cl2N2O5/c1-14-6-8-18-19(10-14)26(34)31(25(18)33)21-9-7-17(11-15(21)2)36-27(35)16-12-23(32)30(13-16)22-5-3-4-20(28)24(22)29/h3-7,9,11,16,18-19H,8,10,12-13H2,1-2H3/t16-,18-,19-/m0/s1. The third-order valence-corrected chi connectivity index (χ3v) is 7.94. The Hall–Kier alpha value is -3.16. The Morgan fingerprint density at radius 2 is 1.72 bits per heavy atom. The molecule has 186 valence electrons. The van der Waals surface area contributed by atoms with E-state index in [9.17, 15) is 19.2 Å². The molecule has 2 aromatic carbocycles. The minimum absolute atomic E-state index is 0.00818. The van der Waals surface area contributed by atoms with E-state index in [1.54, 1.807) is 43.3 Å². The minimum Gasteiger partial charge on any atom is -0.426 e. The molecule has 3 amide bonds. The molecule has 7 nitrogen and oxygen atoms in total. The van der Waals surface area contributed by atoms with Gasteiger partial charge in [0, 0.05) is 13.0 Å². The summed E-state index contributed by atoms with van der Waals surface area (Å²) < 4.78 is 5.57. The van der Waals surface area contributed by atoms with Crippen molar-refractivity contribution in [3.63, 3.8) is 0 Å². The maximum atomic E-state index is 13.0. The molecule has 5 rings (SSSR count). The molecular weight excluding hydrogens is 503 g/mol. The Morgan fingerprint density at radius 1 is 0.972 bits per heavy atom. The van der Waals surface area contributed by atoms with Gasteiger partial charge in [-0.2, -0.15) is 0 Å². The Morgan fingerprint density at radius 3 is 2.47 bits per heavy atom. The van der Waals surface area contributed by atoms with Crippen LogP contribution in [0.4, 0.5) is 11.4 Å². The highest BCUT2D eigenvalue weighted by Gasteiger charge is 2.49. The average Bonchev–Trinajstić information content (AvgIpc) is 3.33. The predicted molar refractivity (Wildman–Crippen MR) is 136 cm³/mol. The number of hydrogen-bond acceptors (Lipinski definition) is 5. The molecule has 2 heterocycles. The molecule has 0 aromatic heterocycles. The number of anilines is 2. The van der Waals surface area contributed by atoms with Crippen LogP contribution in [0.3, 0.4) is 0 Å². The summed E-state index contributed by atoms with van der Waals surface area (Å²) in [5.41, 5.74) is 2.71. The lowest BCUT2D eigenvalue weighted by Crippen LogP contribution is -2.31. The van der Waals surface area contributed by atoms with Gasteiger partial charge in [0.15, 0.2) is 0 Å². The number of nitrogens with zero attached hydrogens (tertiary/aromatic N) is 2. The molecule has 0 spiro atoms. The van der Waals surface area contributed by atoms with Crippen molar-refractivity contribution < 1.29 is 23.9 Å². The zero-order valence-electron chi connectivity index (χ0n) is 19.8. The second-order valence-corrected chi connectivity index (χ2v) is 10.3. The molecule has 0 bridgehead atoms. The largest absolute Gasteiger partial charge is 0.426 e. The average molecular weight is 527 g/mol. The van der Waals surface area contributed by atoms with Gasteiger partial charge in [-0.25, -0.2) is 4.90 Å². The van der Waals surface area contributed by atoms with Gasteiger partial charge in [-0.3, -0.25) is 19.2 Å². The third kappa shape index (κ3) is 4.20. The molecule has 2 fully saturated rings. The molecule has 2 aromatic rings. The number of allylic oxidation sites excluding steroid dienone is 2. The Kier molecular flexibility index (Phi) is 6.39. The highest BCUT2D eigenvalue weighted by Crippen LogP contribution is 2.41. The number of carbonyl (C=O) groups excluding carboxylic acids is 4. The van der Waals surface area contributed by atoms with Crippen LogP contribution >= 0.6 is 23.2 Å². The van der Waals surface area contributed by atoms with E-state index in [0.717, 1.165) is 5.57 Å². The summed E-state index contributed by atoms with van der Waals surface area (Å²) in [5, 5.41) is 0.578. The minimum atomic E-state index is -0.673. The van der Waals surface area contributed by atoms with Crippen LogP contribution in [0.25, 0.3) is 0 Å². The lowest BCUT2D eigenvalue weighted by Gasteiger charge is -2.19. The van der Waals surface area contributed by atoms with E-state index in [1.807, 2.05) is 13.0 Å². The van der Waals surface area contributed by atoms with Gasteiger partial charge in [-0.1, -0.05) is 40.9 Å². The summed E-state index contributed by atoms with van der Waals surface area (Å²) in [7, 11) is 0. The molecule has 2 aliphatic heterocycles. The van der Waals surface area contributed by atoms with E-state index in [4.69, 9.17) is 27.9 Å². The topological polar surface area (TPSA) is 84.0 Å². The van der Waals surface area contributed by atoms with Crippen LogP contribution in [0.1, 0.15) is 31.7 Å². The third-order valence-electron chi connectivity index (χ3n) is 7.13. The molecule has 0 saturated carbocycles. The van der Waals surface area contributed by atoms with Crippen LogP contribution in [0.5, 0.6) is 5.75 Å². The number of halogens is 2. The van der Waals surface area contributed by atoms with Crippen LogP contribution in [0, 0.1) is 24.7 Å². The van der Waals surface area contributed by atoms with Crippen molar-refractivity contribution >= 4 is 58.3 Å². The fraction of sp³-hybridized carbons (Fsp3) is 0.333. The van der Waals surface area contributed by atoms with Crippen molar-refractivity contribution in [2.45, 2.75) is 33.1 Å². The van der Waals surface area contributed by atoms with E-state index < -0.39 is 11.9 Å². The van der Waals surface area contributed by atoms with Gasteiger partial charge in [0.05, 0.1) is 39.2 Å². The first kappa shape index (κ1) is 24.5. The quantitative estimate of drug-likeness (QED) is 0.239. The van der Waals surface area contributed by atoms with Gasteiger partial charge in [0.25, 0.3) is 0 Å². The normalized spacial score (nSPS) is 23.7. The number of benzene rings is 2. The van der Waals surface area contributed by atoms with Crippen molar-refractivity contribution in [2.75, 3.05) is 16.3 Å². The van der Waals surface area contributed by atoms with Crippen molar-refractivity contribution in [3.8, 4) is 5.75 Å². The maximum absolute atomic E-state index is 13.0. The number of carbonyl (C=O) groups is 4. The number of hydrogen-bond donors (Lipinski definition) is 0. The molecule has 3 aliphatic rings. The molecule has 0 radical (unpaired) electrons. The maximum Gasteiger partial charge on any atom is 0.316 e. The molecular formula is C27H24Cl2N2O5. The fourth-order valence-corrected chi connectivity index (χ4v) is 5.61. The van der Waals surface area contributed by atoms with Crippen molar-refractivity contribution in [1.29, 1.82) is 0 Å². The number of fused-ring (bicyclic) bond motifs is 1. The molecule has 36 heavy (non-hydrogen) atoms. The smallest absolute Gasteiger partial charge is 0.316 e. The first-order valence-electron chi connectivity index (χ1n) is 11.8. The summed E-state index contributed by atoms with van der Waals surface area (Å²) in [4.78, 5) is 54.2. The van der Waals surface area contributed by atoms with E-state index in [1.165, 1.54) is 9.80 Å². The van der Waals surface area contributed by atoms with Crippen LogP contribution in [-0.4, -0.2) is 30.2 Å². The number of rotatable bonds is 4. The van der Waals surface area contributed by atoms with E-state index >= 15 is 0 Å². The van der Waals surface area contributed by atoms with E-state index in [0.29, 0.717) is 34.8 Å². The summed E-state index contributed by atoms with van der Waals surface area (Å²) in [5.74, 6) is -2.21. The van der Waals surface area contributed by atoms with Crippen LogP contribution in [0.15, 0.2) is 48.0 Å². The molecule has 1 aliphatic carbocycles. The lowest BCUT2D eigenvalue weighted by atomic mass is 9.82. The lowest BCUT2D eigenvalue weighted by molar-refractivity contribution is -0.139. The Balaban J connectivity index is 1.29. The highest BCUT2D eigenvalue weighted by atomic mass is 35.5. The second-order valence-electron chi connectivity index (χ2n) is 9.56. The van der Waals surface area contributed by atoms with Gasteiger partial charge < -0.3 is 9.64 Å². The van der Waals surface area contributed by atoms with Crippen molar-refractivity contribution in [2.24, 2.45) is 17.8 Å². The first-order chi connectivity index (χ1) is 17.2. The molecule has 2 saturated heterocycles. The number of esters is 1. The molecule has 0 unspecified atom stereocenters. The summed E-state index contributed by atoms with van der Waals surface area (Å²) in [6.45, 7) is 3.87. The Bertz CT molecular complexity index is 1340. The second kappa shape index (κ2) is 9.37. The number of ether oxygens (including phenoxy) is 1. The van der Waals surface area contributed by atoms with Crippen molar-refractivity contribution in [3.05, 3.63) is 63.7 Å². The van der Waals surface area contributed by atoms with Crippen LogP contribution in [-0.2, 0) is 19.2 Å². The monoisotopic (exact) mass is 526 g/mol. The summed E-state index contributed by atoms with van der Waals surface area (Å²) in [6, 6.07) is 9.81. The highest BCUT2D eigenvalue weighted by molar-refractivity contribution is 6.44. The first-order valence-corrected chi connectivity index (χ1v) is 12.5. The van der Waals surface area contributed by atoms with Gasteiger partial charge in [-0.05, 0) is 62.6 Å².